The topological polar surface area (TPSA) is 99.1 Å². The van der Waals surface area contributed by atoms with E-state index in [9.17, 15) is 27.6 Å². The largest absolute Gasteiger partial charge is 0.417 e. The monoisotopic (exact) mass is 604 g/mol. The lowest BCUT2D eigenvalue weighted by molar-refractivity contribution is -0.137. The van der Waals surface area contributed by atoms with Crippen molar-refractivity contribution >= 4 is 49.1 Å². The first kappa shape index (κ1) is 32.2. The maximum Gasteiger partial charge on any atom is 0.417 e. The van der Waals surface area contributed by atoms with Crippen molar-refractivity contribution in [2.75, 3.05) is 30.8 Å². The zero-order valence-electron chi connectivity index (χ0n) is 23.4. The predicted octanol–water partition coefficient (Wildman–Crippen LogP) is 7.15. The molecule has 0 spiro atoms. The van der Waals surface area contributed by atoms with E-state index in [0.29, 0.717) is 30.8 Å². The molecule has 1 atom stereocenters. The molecule has 1 unspecified atom stereocenters. The second kappa shape index (κ2) is 12.7. The predicted molar refractivity (Wildman–Crippen MR) is 156 cm³/mol. The Labute approximate surface area is 243 Å². The molecule has 5 rings (SSSR count). The van der Waals surface area contributed by atoms with Gasteiger partial charge in [0.1, 0.15) is 34.5 Å². The van der Waals surface area contributed by atoms with E-state index in [1.807, 2.05) is 13.8 Å². The molecule has 1 amide bonds. The van der Waals surface area contributed by atoms with Gasteiger partial charge < -0.3 is 15.5 Å². The zero-order valence-corrected chi connectivity index (χ0v) is 24.3. The number of alkyl halides is 3. The molecule has 1 aliphatic heterocycles. The highest BCUT2D eigenvalue weighted by Crippen LogP contribution is 2.47. The van der Waals surface area contributed by atoms with Crippen LogP contribution >= 0.6 is 11.3 Å². The van der Waals surface area contributed by atoms with Crippen LogP contribution in [0.4, 0.5) is 32.8 Å². The van der Waals surface area contributed by atoms with Gasteiger partial charge in [-0.2, -0.15) is 18.4 Å². The molecular weight excluding hydrogens is 575 g/mol. The van der Waals surface area contributed by atoms with Crippen molar-refractivity contribution in [2.24, 2.45) is 0 Å². The van der Waals surface area contributed by atoms with Crippen LogP contribution in [0.3, 0.4) is 0 Å². The number of hydrogen-bond donors (Lipinski definition) is 1. The average molecular weight is 605 g/mol. The Morgan fingerprint density at radius 1 is 1.24 bits per heavy atom. The number of nitrogen functional groups attached to an aromatic ring is 1. The standard InChI is InChI=1S/C25H19F5N6OS.C2H6.C2H4/c1-11(37)36-6-5-12(9-36)35(2)24-14-7-16(25(28,29)30)19(20(27)21(14)33-10-34-24)13-3-4-17(26)22-18(13)15(8-31)23(32)38-22;2*1-2/h3-4,7,10,12H,5-6,9,32H2,1-2H3;1-2H3;1-2H2. The van der Waals surface area contributed by atoms with Gasteiger partial charge in [0.15, 0.2) is 5.82 Å². The first-order valence-electron chi connectivity index (χ1n) is 12.9. The van der Waals surface area contributed by atoms with Crippen LogP contribution in [0.5, 0.6) is 0 Å². The molecule has 2 aromatic heterocycles. The molecule has 0 saturated carbocycles. The molecule has 3 heterocycles. The minimum Gasteiger partial charge on any atom is -0.389 e. The maximum absolute atomic E-state index is 16.1. The summed E-state index contributed by atoms with van der Waals surface area (Å²) in [6.45, 7) is 12.2. The van der Waals surface area contributed by atoms with E-state index in [1.54, 1.807) is 22.9 Å². The number of amides is 1. The number of thiophene rings is 1. The number of anilines is 2. The first-order chi connectivity index (χ1) is 19.9. The molecule has 1 aliphatic rings. The SMILES string of the molecule is C=C.CC.CC(=O)N1CCC(N(C)c2ncnc3c(F)c(-c4ccc(F)c5sc(N)c(C#N)c45)c(C(F)(F)F)cc23)C1. The van der Waals surface area contributed by atoms with Gasteiger partial charge in [0.05, 0.1) is 15.8 Å². The van der Waals surface area contributed by atoms with Crippen molar-refractivity contribution in [1.29, 1.82) is 5.26 Å². The fraction of sp³-hybridized carbons (Fsp3) is 0.310. The zero-order chi connectivity index (χ0) is 31.5. The molecular formula is C29H29F5N6OS. The number of fused-ring (bicyclic) bond motifs is 2. The fourth-order valence-electron chi connectivity index (χ4n) is 4.94. The van der Waals surface area contributed by atoms with Crippen molar-refractivity contribution in [3.8, 4) is 17.2 Å². The van der Waals surface area contributed by atoms with E-state index in [2.05, 4.69) is 23.1 Å². The van der Waals surface area contributed by atoms with Crippen molar-refractivity contribution in [3.05, 3.63) is 60.4 Å². The molecule has 7 nitrogen and oxygen atoms in total. The third-order valence-corrected chi connectivity index (χ3v) is 7.87. The Hall–Kier alpha value is -4.31. The third-order valence-electron chi connectivity index (χ3n) is 6.84. The number of hydrogen-bond acceptors (Lipinski definition) is 7. The van der Waals surface area contributed by atoms with E-state index in [1.165, 1.54) is 6.92 Å². The molecule has 0 bridgehead atoms. The lowest BCUT2D eigenvalue weighted by atomic mass is 9.92. The molecule has 42 heavy (non-hydrogen) atoms. The van der Waals surface area contributed by atoms with Crippen LogP contribution < -0.4 is 10.6 Å². The molecule has 222 valence electrons. The summed E-state index contributed by atoms with van der Waals surface area (Å²) >= 11 is 0.701. The number of carbonyl (C=O) groups excluding carboxylic acids is 1. The first-order valence-corrected chi connectivity index (χ1v) is 13.7. The molecule has 13 heteroatoms. The summed E-state index contributed by atoms with van der Waals surface area (Å²) in [7, 11) is 1.62. The molecule has 2 N–H and O–H groups in total. The summed E-state index contributed by atoms with van der Waals surface area (Å²) in [6.07, 6.45) is -3.42. The number of rotatable bonds is 3. The smallest absolute Gasteiger partial charge is 0.389 e. The number of nitrogens with zero attached hydrogens (tertiary/aromatic N) is 5. The van der Waals surface area contributed by atoms with Crippen molar-refractivity contribution in [1.82, 2.24) is 14.9 Å². The number of benzene rings is 2. The number of nitrogens with two attached hydrogens (primary N) is 1. The molecule has 1 fully saturated rings. The number of likely N-dealkylation sites (tertiary alicyclic amines) is 1. The van der Waals surface area contributed by atoms with Crippen LogP contribution in [-0.4, -0.2) is 47.0 Å². The van der Waals surface area contributed by atoms with E-state index in [4.69, 9.17) is 5.73 Å². The van der Waals surface area contributed by atoms with E-state index in [0.717, 1.165) is 24.5 Å². The van der Waals surface area contributed by atoms with Gasteiger partial charge in [-0.05, 0) is 24.1 Å². The van der Waals surface area contributed by atoms with Crippen LogP contribution in [0.1, 0.15) is 38.3 Å². The van der Waals surface area contributed by atoms with Crippen molar-refractivity contribution in [2.45, 2.75) is 39.4 Å². The number of aromatic nitrogens is 2. The summed E-state index contributed by atoms with van der Waals surface area (Å²) < 4.78 is 73.9. The molecule has 0 radical (unpaired) electrons. The second-order valence-electron chi connectivity index (χ2n) is 8.97. The summed E-state index contributed by atoms with van der Waals surface area (Å²) in [6, 6.07) is 4.23. The fourth-order valence-corrected chi connectivity index (χ4v) is 5.89. The van der Waals surface area contributed by atoms with E-state index in [-0.39, 0.29) is 54.9 Å². The Morgan fingerprint density at radius 2 is 1.90 bits per heavy atom. The number of likely N-dealkylation sites (N-methyl/N-ethyl adjacent to an activating group) is 1. The normalized spacial score (nSPS) is 14.6. The molecule has 4 aromatic rings. The van der Waals surface area contributed by atoms with Gasteiger partial charge in [0.2, 0.25) is 5.91 Å². The lowest BCUT2D eigenvalue weighted by Crippen LogP contribution is -2.36. The third kappa shape index (κ3) is 5.59. The van der Waals surface area contributed by atoms with Crippen LogP contribution in [0.2, 0.25) is 0 Å². The molecule has 1 saturated heterocycles. The van der Waals surface area contributed by atoms with Gasteiger partial charge in [0, 0.05) is 49.4 Å². The summed E-state index contributed by atoms with van der Waals surface area (Å²) in [5.41, 5.74) is 2.73. The van der Waals surface area contributed by atoms with Gasteiger partial charge in [0.25, 0.3) is 0 Å². The second-order valence-corrected chi connectivity index (χ2v) is 10.0. The van der Waals surface area contributed by atoms with Crippen molar-refractivity contribution in [3.63, 3.8) is 0 Å². The molecule has 2 aromatic carbocycles. The Kier molecular flexibility index (Phi) is 9.73. The van der Waals surface area contributed by atoms with Gasteiger partial charge in [-0.15, -0.1) is 24.5 Å². The Morgan fingerprint density at radius 3 is 2.48 bits per heavy atom. The minimum atomic E-state index is -5.02. The van der Waals surface area contributed by atoms with Crippen LogP contribution in [0, 0.1) is 23.0 Å². The van der Waals surface area contributed by atoms with Gasteiger partial charge >= 0.3 is 6.18 Å². The van der Waals surface area contributed by atoms with Crippen molar-refractivity contribution < 1.29 is 26.7 Å². The van der Waals surface area contributed by atoms with Crippen LogP contribution in [0.25, 0.3) is 32.1 Å². The van der Waals surface area contributed by atoms with E-state index >= 15 is 4.39 Å². The van der Waals surface area contributed by atoms with E-state index < -0.39 is 28.9 Å². The quantitative estimate of drug-likeness (QED) is 0.197. The van der Waals surface area contributed by atoms with Crippen LogP contribution in [-0.2, 0) is 11.0 Å². The minimum absolute atomic E-state index is 0.0723. The number of nitriles is 1. The summed E-state index contributed by atoms with van der Waals surface area (Å²) in [5.74, 6) is -2.13. The Balaban J connectivity index is 0.00000116. The maximum atomic E-state index is 16.1. The number of halogens is 5. The summed E-state index contributed by atoms with van der Waals surface area (Å²) in [4.78, 5) is 23.1. The highest BCUT2D eigenvalue weighted by atomic mass is 32.1. The highest BCUT2D eigenvalue weighted by molar-refractivity contribution is 7.23. The summed E-state index contributed by atoms with van der Waals surface area (Å²) in [5, 5.41) is 9.12. The Bertz CT molecular complexity index is 1680. The molecule has 0 aliphatic carbocycles. The average Bonchev–Trinajstić information content (AvgIpc) is 3.60. The van der Waals surface area contributed by atoms with Crippen LogP contribution in [0.15, 0.2) is 37.7 Å². The number of carbonyl (C=O) groups is 1. The van der Waals surface area contributed by atoms with Gasteiger partial charge in [-0.3, -0.25) is 4.79 Å². The van der Waals surface area contributed by atoms with Gasteiger partial charge in [-0.25, -0.2) is 18.7 Å². The highest BCUT2D eigenvalue weighted by Gasteiger charge is 2.38. The van der Waals surface area contributed by atoms with Gasteiger partial charge in [-0.1, -0.05) is 19.9 Å². The lowest BCUT2D eigenvalue weighted by Gasteiger charge is -2.27.